The van der Waals surface area contributed by atoms with E-state index >= 15 is 0 Å². The van der Waals surface area contributed by atoms with Crippen molar-refractivity contribution in [3.8, 4) is 5.75 Å². The summed E-state index contributed by atoms with van der Waals surface area (Å²) < 4.78 is 12.2. The minimum atomic E-state index is -0.0126. The first-order valence-corrected chi connectivity index (χ1v) is 7.08. The van der Waals surface area contributed by atoms with Crippen molar-refractivity contribution in [3.05, 3.63) is 27.7 Å². The lowest BCUT2D eigenvalue weighted by Crippen LogP contribution is -2.29. The minimum absolute atomic E-state index is 0.0126. The Hall–Kier alpha value is -0.870. The average molecular weight is 311 g/mol. The fourth-order valence-electron chi connectivity index (χ4n) is 2.63. The summed E-state index contributed by atoms with van der Waals surface area (Å²) in [4.78, 5) is 11.9. The maximum atomic E-state index is 11.9. The molecule has 0 aromatic heterocycles. The third-order valence-electron chi connectivity index (χ3n) is 3.56. The summed E-state index contributed by atoms with van der Waals surface area (Å²) in [5.74, 6) is 1.28. The van der Waals surface area contributed by atoms with E-state index in [0.717, 1.165) is 35.2 Å². The smallest absolute Gasteiger partial charge is 0.140 e. The number of fused-ring (bicyclic) bond motifs is 1. The van der Waals surface area contributed by atoms with Crippen LogP contribution in [-0.2, 0) is 22.4 Å². The zero-order chi connectivity index (χ0) is 12.5. The van der Waals surface area contributed by atoms with Crippen LogP contribution in [-0.4, -0.2) is 25.6 Å². The van der Waals surface area contributed by atoms with Crippen molar-refractivity contribution in [2.24, 2.45) is 5.92 Å². The molecule has 96 valence electrons. The van der Waals surface area contributed by atoms with E-state index in [0.29, 0.717) is 25.4 Å². The van der Waals surface area contributed by atoms with Crippen LogP contribution in [0.5, 0.6) is 5.75 Å². The highest BCUT2D eigenvalue weighted by atomic mass is 79.9. The first kappa shape index (κ1) is 12.2. The molecule has 0 radical (unpaired) electrons. The molecule has 1 unspecified atom stereocenters. The molecular weight excluding hydrogens is 296 g/mol. The highest BCUT2D eigenvalue weighted by Gasteiger charge is 2.26. The summed E-state index contributed by atoms with van der Waals surface area (Å²) in [6.45, 7) is 1.86. The summed E-state index contributed by atoms with van der Waals surface area (Å²) in [6.07, 6.45) is 2.22. The van der Waals surface area contributed by atoms with Crippen molar-refractivity contribution in [2.45, 2.75) is 19.3 Å². The van der Waals surface area contributed by atoms with E-state index in [-0.39, 0.29) is 5.92 Å². The Morgan fingerprint density at radius 3 is 3.00 bits per heavy atom. The van der Waals surface area contributed by atoms with Gasteiger partial charge in [0.25, 0.3) is 0 Å². The van der Waals surface area contributed by atoms with Crippen LogP contribution in [0.1, 0.15) is 17.5 Å². The van der Waals surface area contributed by atoms with Gasteiger partial charge in [-0.3, -0.25) is 4.79 Å². The highest BCUT2D eigenvalue weighted by molar-refractivity contribution is 9.10. The molecular formula is C14H15BrO3. The molecule has 1 saturated heterocycles. The minimum Gasteiger partial charge on any atom is -0.493 e. The number of benzene rings is 1. The Kier molecular flexibility index (Phi) is 3.39. The zero-order valence-corrected chi connectivity index (χ0v) is 11.7. The fourth-order valence-corrected chi connectivity index (χ4v) is 3.18. The Morgan fingerprint density at radius 1 is 1.28 bits per heavy atom. The molecule has 1 fully saturated rings. The van der Waals surface area contributed by atoms with E-state index in [2.05, 4.69) is 28.1 Å². The molecule has 2 aliphatic rings. The number of hydrogen-bond donors (Lipinski definition) is 0. The number of ketones is 1. The van der Waals surface area contributed by atoms with E-state index in [1.54, 1.807) is 0 Å². The molecule has 0 N–H and O–H groups in total. The van der Waals surface area contributed by atoms with Crippen molar-refractivity contribution in [3.63, 3.8) is 0 Å². The van der Waals surface area contributed by atoms with Crippen molar-refractivity contribution in [1.29, 1.82) is 0 Å². The summed E-state index contributed by atoms with van der Waals surface area (Å²) in [5.41, 5.74) is 2.37. The second-order valence-electron chi connectivity index (χ2n) is 4.84. The predicted molar refractivity (Wildman–Crippen MR) is 71.0 cm³/mol. The average Bonchev–Trinajstić information content (AvgIpc) is 2.80. The third kappa shape index (κ3) is 2.31. The van der Waals surface area contributed by atoms with Crippen LogP contribution >= 0.6 is 15.9 Å². The van der Waals surface area contributed by atoms with E-state index in [4.69, 9.17) is 9.47 Å². The maximum Gasteiger partial charge on any atom is 0.140 e. The SMILES string of the molecule is O=C1CCOCC1Cc1cc(Br)cc2c1OCC2. The molecule has 2 aliphatic heterocycles. The van der Waals surface area contributed by atoms with Gasteiger partial charge in [-0.2, -0.15) is 0 Å². The van der Waals surface area contributed by atoms with Gasteiger partial charge in [-0.25, -0.2) is 0 Å². The Bertz CT molecular complexity index is 484. The van der Waals surface area contributed by atoms with Gasteiger partial charge in [0, 0.05) is 23.2 Å². The Balaban J connectivity index is 1.86. The number of carbonyl (C=O) groups excluding carboxylic acids is 1. The van der Waals surface area contributed by atoms with Gasteiger partial charge in [0.05, 0.1) is 19.8 Å². The molecule has 0 bridgehead atoms. The number of hydrogen-bond acceptors (Lipinski definition) is 3. The Labute approximate surface area is 115 Å². The third-order valence-corrected chi connectivity index (χ3v) is 4.02. The second kappa shape index (κ2) is 5.02. The molecule has 18 heavy (non-hydrogen) atoms. The predicted octanol–water partition coefficient (Wildman–Crippen LogP) is 2.53. The van der Waals surface area contributed by atoms with Crippen LogP contribution in [0.2, 0.25) is 0 Å². The molecule has 0 amide bonds. The summed E-state index contributed by atoms with van der Waals surface area (Å²) >= 11 is 3.52. The standard InChI is InChI=1S/C14H15BrO3/c15-12-6-9-1-4-18-14(9)10(7-12)5-11-8-17-3-2-13(11)16/h6-7,11H,1-5,8H2. The highest BCUT2D eigenvalue weighted by Crippen LogP contribution is 2.34. The largest absolute Gasteiger partial charge is 0.493 e. The van der Waals surface area contributed by atoms with Gasteiger partial charge >= 0.3 is 0 Å². The van der Waals surface area contributed by atoms with Crippen LogP contribution in [0.4, 0.5) is 0 Å². The molecule has 2 heterocycles. The lowest BCUT2D eigenvalue weighted by Gasteiger charge is -2.21. The zero-order valence-electron chi connectivity index (χ0n) is 10.1. The van der Waals surface area contributed by atoms with E-state index in [1.165, 1.54) is 5.56 Å². The summed E-state index contributed by atoms with van der Waals surface area (Å²) in [7, 11) is 0. The quantitative estimate of drug-likeness (QED) is 0.842. The molecule has 3 rings (SSSR count). The van der Waals surface area contributed by atoms with Crippen LogP contribution in [0.3, 0.4) is 0 Å². The molecule has 3 nitrogen and oxygen atoms in total. The lowest BCUT2D eigenvalue weighted by atomic mass is 9.91. The maximum absolute atomic E-state index is 11.9. The van der Waals surface area contributed by atoms with Crippen molar-refractivity contribution < 1.29 is 14.3 Å². The van der Waals surface area contributed by atoms with Crippen LogP contribution in [0.25, 0.3) is 0 Å². The van der Waals surface area contributed by atoms with Crippen LogP contribution < -0.4 is 4.74 Å². The number of Topliss-reactive ketones (excluding diaryl/α,β-unsaturated/α-hetero) is 1. The van der Waals surface area contributed by atoms with Gasteiger partial charge < -0.3 is 9.47 Å². The molecule has 0 aliphatic carbocycles. The van der Waals surface area contributed by atoms with E-state index in [9.17, 15) is 4.79 Å². The second-order valence-corrected chi connectivity index (χ2v) is 5.76. The fraction of sp³-hybridized carbons (Fsp3) is 0.500. The van der Waals surface area contributed by atoms with E-state index in [1.807, 2.05) is 0 Å². The lowest BCUT2D eigenvalue weighted by molar-refractivity contribution is -0.130. The van der Waals surface area contributed by atoms with Crippen LogP contribution in [0.15, 0.2) is 16.6 Å². The number of rotatable bonds is 2. The van der Waals surface area contributed by atoms with Gasteiger partial charge in [-0.15, -0.1) is 0 Å². The topological polar surface area (TPSA) is 35.5 Å². The van der Waals surface area contributed by atoms with Gasteiger partial charge in [0.15, 0.2) is 0 Å². The molecule has 0 saturated carbocycles. The van der Waals surface area contributed by atoms with Crippen molar-refractivity contribution in [2.75, 3.05) is 19.8 Å². The normalized spacial score (nSPS) is 22.7. The monoisotopic (exact) mass is 310 g/mol. The first-order chi connectivity index (χ1) is 8.74. The first-order valence-electron chi connectivity index (χ1n) is 6.28. The van der Waals surface area contributed by atoms with Crippen LogP contribution in [0, 0.1) is 5.92 Å². The number of ether oxygens (including phenoxy) is 2. The van der Waals surface area contributed by atoms with Crippen molar-refractivity contribution in [1.82, 2.24) is 0 Å². The molecule has 1 aromatic carbocycles. The number of carbonyl (C=O) groups is 1. The van der Waals surface area contributed by atoms with Gasteiger partial charge in [-0.05, 0) is 29.7 Å². The van der Waals surface area contributed by atoms with Gasteiger partial charge in [0.1, 0.15) is 11.5 Å². The van der Waals surface area contributed by atoms with Crippen molar-refractivity contribution >= 4 is 21.7 Å². The molecule has 1 aromatic rings. The Morgan fingerprint density at radius 2 is 2.17 bits per heavy atom. The molecule has 4 heteroatoms. The number of halogens is 1. The van der Waals surface area contributed by atoms with E-state index < -0.39 is 0 Å². The van der Waals surface area contributed by atoms with Gasteiger partial charge in [-0.1, -0.05) is 15.9 Å². The molecule has 0 spiro atoms. The molecule has 1 atom stereocenters. The summed E-state index contributed by atoms with van der Waals surface area (Å²) in [6, 6.07) is 4.16. The summed E-state index contributed by atoms with van der Waals surface area (Å²) in [5, 5.41) is 0. The van der Waals surface area contributed by atoms with Gasteiger partial charge in [0.2, 0.25) is 0 Å².